The highest BCUT2D eigenvalue weighted by atomic mass is 32.1. The van der Waals surface area contributed by atoms with Gasteiger partial charge in [0.15, 0.2) is 0 Å². The standard InChI is InChI=1S/C29H38N6O2S/c1-21(6-14-31-29(37)28-22(2)32-20-33-23(28)3)34-15-9-26(10-16-34)35(18-25-11-17-38-19-25)27(36)5-4-24-7-12-30-13-8-24/h7-8,11-13,17,19-21,26H,4-6,9-10,14-16,18H2,1-3H3,(H,31,37). The number of likely N-dealkylation sites (tertiary alicyclic amines) is 1. The van der Waals surface area contributed by atoms with Crippen LogP contribution in [0.4, 0.5) is 0 Å². The molecule has 0 aromatic carbocycles. The van der Waals surface area contributed by atoms with Gasteiger partial charge in [-0.25, -0.2) is 9.97 Å². The molecule has 202 valence electrons. The van der Waals surface area contributed by atoms with Crippen LogP contribution in [-0.4, -0.2) is 68.3 Å². The molecule has 1 aliphatic heterocycles. The number of piperidine rings is 1. The second kappa shape index (κ2) is 13.6. The molecule has 1 unspecified atom stereocenters. The smallest absolute Gasteiger partial charge is 0.254 e. The van der Waals surface area contributed by atoms with Crippen LogP contribution in [0.1, 0.15) is 65.5 Å². The molecule has 1 N–H and O–H groups in total. The van der Waals surface area contributed by atoms with E-state index in [-0.39, 0.29) is 17.9 Å². The Hall–Kier alpha value is -3.17. The van der Waals surface area contributed by atoms with E-state index in [0.717, 1.165) is 44.3 Å². The van der Waals surface area contributed by atoms with Gasteiger partial charge in [0, 0.05) is 57.1 Å². The fourth-order valence-corrected chi connectivity index (χ4v) is 5.83. The number of rotatable bonds is 11. The molecule has 0 radical (unpaired) electrons. The summed E-state index contributed by atoms with van der Waals surface area (Å²) in [6, 6.07) is 6.66. The molecule has 9 heteroatoms. The van der Waals surface area contributed by atoms with Crippen molar-refractivity contribution in [1.29, 1.82) is 0 Å². The van der Waals surface area contributed by atoms with Crippen molar-refractivity contribution in [1.82, 2.24) is 30.1 Å². The Balaban J connectivity index is 1.27. The highest BCUT2D eigenvalue weighted by Gasteiger charge is 2.29. The molecule has 1 saturated heterocycles. The average Bonchev–Trinajstić information content (AvgIpc) is 3.44. The van der Waals surface area contributed by atoms with Crippen LogP contribution in [0.2, 0.25) is 0 Å². The van der Waals surface area contributed by atoms with E-state index in [1.54, 1.807) is 23.7 Å². The lowest BCUT2D eigenvalue weighted by atomic mass is 9.99. The van der Waals surface area contributed by atoms with E-state index in [1.165, 1.54) is 11.9 Å². The summed E-state index contributed by atoms with van der Waals surface area (Å²) in [6.45, 7) is 9.06. The number of thiophene rings is 1. The van der Waals surface area contributed by atoms with Gasteiger partial charge in [-0.1, -0.05) is 0 Å². The minimum absolute atomic E-state index is 0.110. The third-order valence-electron chi connectivity index (χ3n) is 7.49. The van der Waals surface area contributed by atoms with Gasteiger partial charge in [-0.05, 0) is 86.5 Å². The fourth-order valence-electron chi connectivity index (χ4n) is 5.17. The van der Waals surface area contributed by atoms with Gasteiger partial charge in [0.05, 0.1) is 17.0 Å². The number of aromatic nitrogens is 3. The molecule has 3 aromatic rings. The van der Waals surface area contributed by atoms with Crippen LogP contribution in [0.15, 0.2) is 47.7 Å². The molecule has 8 nitrogen and oxygen atoms in total. The van der Waals surface area contributed by atoms with Crippen LogP contribution in [-0.2, 0) is 17.8 Å². The van der Waals surface area contributed by atoms with Gasteiger partial charge in [0.1, 0.15) is 6.33 Å². The number of hydrogen-bond acceptors (Lipinski definition) is 7. The van der Waals surface area contributed by atoms with Gasteiger partial charge >= 0.3 is 0 Å². The normalized spacial score (nSPS) is 15.2. The molecule has 0 aliphatic carbocycles. The summed E-state index contributed by atoms with van der Waals surface area (Å²) in [7, 11) is 0. The fraction of sp³-hybridized carbons (Fsp3) is 0.483. The van der Waals surface area contributed by atoms with Gasteiger partial charge in [-0.2, -0.15) is 11.3 Å². The topological polar surface area (TPSA) is 91.3 Å². The Morgan fingerprint density at radius 2 is 1.82 bits per heavy atom. The zero-order valence-electron chi connectivity index (χ0n) is 22.6. The second-order valence-electron chi connectivity index (χ2n) is 10.1. The number of pyridine rings is 1. The summed E-state index contributed by atoms with van der Waals surface area (Å²) in [5.74, 6) is 0.110. The quantitative estimate of drug-likeness (QED) is 0.397. The van der Waals surface area contributed by atoms with E-state index in [2.05, 4.69) is 53.8 Å². The largest absolute Gasteiger partial charge is 0.352 e. The monoisotopic (exact) mass is 534 g/mol. The first-order valence-electron chi connectivity index (χ1n) is 13.4. The molecule has 0 saturated carbocycles. The van der Waals surface area contributed by atoms with E-state index in [4.69, 9.17) is 0 Å². The number of carbonyl (C=O) groups excluding carboxylic acids is 2. The lowest BCUT2D eigenvalue weighted by Crippen LogP contribution is -2.49. The second-order valence-corrected chi connectivity index (χ2v) is 10.9. The first kappa shape index (κ1) is 27.9. The summed E-state index contributed by atoms with van der Waals surface area (Å²) in [4.78, 5) is 43.0. The maximum Gasteiger partial charge on any atom is 0.254 e. The highest BCUT2D eigenvalue weighted by Crippen LogP contribution is 2.23. The summed E-state index contributed by atoms with van der Waals surface area (Å²) in [5.41, 5.74) is 4.32. The summed E-state index contributed by atoms with van der Waals surface area (Å²) in [6.07, 6.45) is 9.08. The maximum atomic E-state index is 13.4. The molecule has 1 atom stereocenters. The number of nitrogens with one attached hydrogen (secondary N) is 1. The molecule has 2 amide bonds. The van der Waals surface area contributed by atoms with Crippen molar-refractivity contribution in [2.75, 3.05) is 19.6 Å². The number of amides is 2. The van der Waals surface area contributed by atoms with E-state index < -0.39 is 0 Å². The zero-order valence-corrected chi connectivity index (χ0v) is 23.4. The van der Waals surface area contributed by atoms with Crippen molar-refractivity contribution in [3.8, 4) is 0 Å². The van der Waals surface area contributed by atoms with E-state index in [0.29, 0.717) is 42.5 Å². The minimum atomic E-state index is -0.110. The van der Waals surface area contributed by atoms with Gasteiger partial charge in [-0.15, -0.1) is 0 Å². The Morgan fingerprint density at radius 1 is 1.11 bits per heavy atom. The van der Waals surface area contributed by atoms with Crippen LogP contribution in [0.5, 0.6) is 0 Å². The van der Waals surface area contributed by atoms with Gasteiger partial charge < -0.3 is 15.1 Å². The molecule has 1 fully saturated rings. The Kier molecular flexibility index (Phi) is 9.95. The number of aryl methyl sites for hydroxylation is 3. The van der Waals surface area contributed by atoms with E-state index in [1.807, 2.05) is 26.0 Å². The summed E-state index contributed by atoms with van der Waals surface area (Å²) < 4.78 is 0. The first-order valence-corrected chi connectivity index (χ1v) is 14.4. The molecule has 38 heavy (non-hydrogen) atoms. The van der Waals surface area contributed by atoms with Crippen molar-refractivity contribution in [2.45, 2.75) is 71.5 Å². The van der Waals surface area contributed by atoms with Crippen LogP contribution < -0.4 is 5.32 Å². The van der Waals surface area contributed by atoms with Crippen LogP contribution in [0.3, 0.4) is 0 Å². The molecule has 4 heterocycles. The van der Waals surface area contributed by atoms with Crippen molar-refractivity contribution in [3.05, 3.63) is 75.8 Å². The third kappa shape index (κ3) is 7.45. The third-order valence-corrected chi connectivity index (χ3v) is 8.23. The zero-order chi connectivity index (χ0) is 26.9. The van der Waals surface area contributed by atoms with Gasteiger partial charge in [0.25, 0.3) is 5.91 Å². The lowest BCUT2D eigenvalue weighted by molar-refractivity contribution is -0.135. The van der Waals surface area contributed by atoms with Gasteiger partial charge in [-0.3, -0.25) is 14.6 Å². The number of carbonyl (C=O) groups is 2. The predicted molar refractivity (Wildman–Crippen MR) is 150 cm³/mol. The van der Waals surface area contributed by atoms with E-state index >= 15 is 0 Å². The van der Waals surface area contributed by atoms with Crippen molar-refractivity contribution >= 4 is 23.2 Å². The first-order chi connectivity index (χ1) is 18.4. The van der Waals surface area contributed by atoms with Crippen LogP contribution >= 0.6 is 11.3 Å². The predicted octanol–water partition coefficient (Wildman–Crippen LogP) is 4.18. The molecule has 3 aromatic heterocycles. The van der Waals surface area contributed by atoms with Crippen LogP contribution in [0, 0.1) is 13.8 Å². The summed E-state index contributed by atoms with van der Waals surface area (Å²) in [5, 5.41) is 7.26. The van der Waals surface area contributed by atoms with Crippen molar-refractivity contribution < 1.29 is 9.59 Å². The Bertz CT molecular complexity index is 1160. The maximum absolute atomic E-state index is 13.4. The molecule has 0 spiro atoms. The SMILES string of the molecule is Cc1ncnc(C)c1C(=O)NCCC(C)N1CCC(N(Cc2ccsc2)C(=O)CCc2ccncc2)CC1. The average molecular weight is 535 g/mol. The molecule has 4 rings (SSSR count). The van der Waals surface area contributed by atoms with E-state index in [9.17, 15) is 9.59 Å². The van der Waals surface area contributed by atoms with Crippen molar-refractivity contribution in [3.63, 3.8) is 0 Å². The molecule has 1 aliphatic rings. The Morgan fingerprint density at radius 3 is 2.47 bits per heavy atom. The Labute approximate surface area is 229 Å². The molecular formula is C29H38N6O2S. The van der Waals surface area contributed by atoms with Crippen molar-refractivity contribution in [2.24, 2.45) is 0 Å². The lowest BCUT2D eigenvalue weighted by Gasteiger charge is -2.41. The highest BCUT2D eigenvalue weighted by molar-refractivity contribution is 7.07. The van der Waals surface area contributed by atoms with Crippen LogP contribution in [0.25, 0.3) is 0 Å². The number of nitrogens with zero attached hydrogens (tertiary/aromatic N) is 5. The van der Waals surface area contributed by atoms with Gasteiger partial charge in [0.2, 0.25) is 5.91 Å². The number of hydrogen-bond donors (Lipinski definition) is 1. The molecular weight excluding hydrogens is 496 g/mol. The molecule has 0 bridgehead atoms. The minimum Gasteiger partial charge on any atom is -0.352 e. The summed E-state index contributed by atoms with van der Waals surface area (Å²) >= 11 is 1.67.